The Kier molecular flexibility index (Phi) is 5.54. The predicted molar refractivity (Wildman–Crippen MR) is 80.5 cm³/mol. The largest absolute Gasteiger partial charge is 0.358 e. The lowest BCUT2D eigenvalue weighted by atomic mass is 10.2. The lowest BCUT2D eigenvalue weighted by Gasteiger charge is -2.18. The highest BCUT2D eigenvalue weighted by Gasteiger charge is 2.25. The molecule has 0 saturated heterocycles. The van der Waals surface area contributed by atoms with Crippen molar-refractivity contribution >= 4 is 47.8 Å². The van der Waals surface area contributed by atoms with Crippen LogP contribution in [0, 0.1) is 6.92 Å². The number of carbonyl (C=O) groups is 1. The second-order valence-corrected chi connectivity index (χ2v) is 7.69. The van der Waals surface area contributed by atoms with Crippen molar-refractivity contribution in [3.8, 4) is 0 Å². The zero-order chi connectivity index (χ0) is 14.8. The molecule has 0 bridgehead atoms. The zero-order valence-electron chi connectivity index (χ0n) is 10.7. The monoisotopic (exact) mass is 412 g/mol. The van der Waals surface area contributed by atoms with E-state index in [2.05, 4.69) is 37.2 Å². The molecule has 1 N–H and O–H groups in total. The number of hydrogen-bond donors (Lipinski definition) is 1. The van der Waals surface area contributed by atoms with Crippen LogP contribution in [0.3, 0.4) is 0 Å². The fourth-order valence-corrected chi connectivity index (χ4v) is 4.12. The third-order valence-electron chi connectivity index (χ3n) is 2.55. The van der Waals surface area contributed by atoms with E-state index in [-0.39, 0.29) is 17.3 Å². The third-order valence-corrected chi connectivity index (χ3v) is 6.16. The van der Waals surface area contributed by atoms with Crippen LogP contribution in [0.15, 0.2) is 26.0 Å². The summed E-state index contributed by atoms with van der Waals surface area (Å²) in [4.78, 5) is 11.4. The van der Waals surface area contributed by atoms with Gasteiger partial charge in [-0.25, -0.2) is 8.42 Å². The summed E-state index contributed by atoms with van der Waals surface area (Å²) in [5, 5.41) is 2.39. The SMILES string of the molecule is CNC(=O)CN(C)S(=O)(=O)c1cc(Br)c(C)cc1Br. The number of amides is 1. The Hall–Kier alpha value is -0.440. The maximum atomic E-state index is 12.4. The molecule has 106 valence electrons. The molecule has 0 aromatic heterocycles. The molecule has 5 nitrogen and oxygen atoms in total. The van der Waals surface area contributed by atoms with E-state index >= 15 is 0 Å². The van der Waals surface area contributed by atoms with Gasteiger partial charge in [-0.2, -0.15) is 4.31 Å². The van der Waals surface area contributed by atoms with Crippen molar-refractivity contribution in [3.63, 3.8) is 0 Å². The van der Waals surface area contributed by atoms with Gasteiger partial charge in [0.2, 0.25) is 15.9 Å². The second-order valence-electron chi connectivity index (χ2n) is 3.97. The molecule has 0 atom stereocenters. The summed E-state index contributed by atoms with van der Waals surface area (Å²) < 4.78 is 26.9. The topological polar surface area (TPSA) is 66.5 Å². The van der Waals surface area contributed by atoms with Gasteiger partial charge in [-0.05, 0) is 40.5 Å². The van der Waals surface area contributed by atoms with Crippen LogP contribution in [0.2, 0.25) is 0 Å². The standard InChI is InChI=1S/C11H14Br2N2O3S/c1-7-4-9(13)10(5-8(7)12)19(17,18)15(3)6-11(16)14-2/h4-5H,6H2,1-3H3,(H,14,16). The number of hydrogen-bond acceptors (Lipinski definition) is 3. The summed E-state index contributed by atoms with van der Waals surface area (Å²) in [6.45, 7) is 1.64. The lowest BCUT2D eigenvalue weighted by molar-refractivity contribution is -0.120. The van der Waals surface area contributed by atoms with E-state index in [4.69, 9.17) is 0 Å². The first-order chi connectivity index (χ1) is 8.70. The summed E-state index contributed by atoms with van der Waals surface area (Å²) in [6.07, 6.45) is 0. The maximum absolute atomic E-state index is 12.4. The molecular formula is C11H14Br2N2O3S. The lowest BCUT2D eigenvalue weighted by Crippen LogP contribution is -2.37. The van der Waals surface area contributed by atoms with Crippen molar-refractivity contribution in [2.75, 3.05) is 20.6 Å². The number of halogens is 2. The molecule has 0 heterocycles. The molecule has 0 radical (unpaired) electrons. The summed E-state index contributed by atoms with van der Waals surface area (Å²) >= 11 is 6.54. The van der Waals surface area contributed by atoms with Gasteiger partial charge in [-0.3, -0.25) is 4.79 Å². The molecule has 0 aliphatic rings. The molecule has 1 amide bonds. The minimum Gasteiger partial charge on any atom is -0.358 e. The van der Waals surface area contributed by atoms with Crippen LogP contribution < -0.4 is 5.32 Å². The van der Waals surface area contributed by atoms with Gasteiger partial charge in [0.1, 0.15) is 0 Å². The van der Waals surface area contributed by atoms with Crippen LogP contribution >= 0.6 is 31.9 Å². The summed E-state index contributed by atoms with van der Waals surface area (Å²) in [5.74, 6) is -0.367. The van der Waals surface area contributed by atoms with Crippen LogP contribution in [-0.4, -0.2) is 39.3 Å². The Morgan fingerprint density at radius 1 is 1.32 bits per heavy atom. The highest BCUT2D eigenvalue weighted by Crippen LogP contribution is 2.30. The van der Waals surface area contributed by atoms with Crippen molar-refractivity contribution < 1.29 is 13.2 Å². The Morgan fingerprint density at radius 3 is 2.42 bits per heavy atom. The highest BCUT2D eigenvalue weighted by atomic mass is 79.9. The average Bonchev–Trinajstić information content (AvgIpc) is 2.33. The van der Waals surface area contributed by atoms with Crippen LogP contribution in [0.25, 0.3) is 0 Å². The van der Waals surface area contributed by atoms with E-state index in [0.29, 0.717) is 8.95 Å². The molecule has 1 rings (SSSR count). The van der Waals surface area contributed by atoms with E-state index in [1.807, 2.05) is 6.92 Å². The van der Waals surface area contributed by atoms with Gasteiger partial charge in [0, 0.05) is 23.0 Å². The molecule has 0 aliphatic carbocycles. The summed E-state index contributed by atoms with van der Waals surface area (Å²) in [5.41, 5.74) is 0.916. The smallest absolute Gasteiger partial charge is 0.244 e. The van der Waals surface area contributed by atoms with E-state index in [1.54, 1.807) is 6.07 Å². The molecule has 8 heteroatoms. The van der Waals surface area contributed by atoms with Gasteiger partial charge >= 0.3 is 0 Å². The number of likely N-dealkylation sites (N-methyl/N-ethyl adjacent to an activating group) is 2. The fraction of sp³-hybridized carbons (Fsp3) is 0.364. The molecule has 0 spiro atoms. The van der Waals surface area contributed by atoms with Crippen molar-refractivity contribution in [3.05, 3.63) is 26.6 Å². The van der Waals surface area contributed by atoms with E-state index < -0.39 is 10.0 Å². The number of sulfonamides is 1. The second kappa shape index (κ2) is 6.34. The van der Waals surface area contributed by atoms with E-state index in [9.17, 15) is 13.2 Å². The molecular weight excluding hydrogens is 400 g/mol. The molecule has 0 unspecified atom stereocenters. The van der Waals surface area contributed by atoms with Crippen molar-refractivity contribution in [2.45, 2.75) is 11.8 Å². The van der Waals surface area contributed by atoms with Gasteiger partial charge in [-0.1, -0.05) is 15.9 Å². The van der Waals surface area contributed by atoms with Gasteiger partial charge in [0.15, 0.2) is 0 Å². The normalized spacial score (nSPS) is 11.7. The first-order valence-electron chi connectivity index (χ1n) is 5.32. The predicted octanol–water partition coefficient (Wildman–Crippen LogP) is 1.89. The van der Waals surface area contributed by atoms with Gasteiger partial charge < -0.3 is 5.32 Å². The minimum atomic E-state index is -3.72. The average molecular weight is 414 g/mol. The molecule has 1 aromatic carbocycles. The molecule has 0 fully saturated rings. The fourth-order valence-electron chi connectivity index (χ4n) is 1.36. The summed E-state index contributed by atoms with van der Waals surface area (Å²) in [6, 6.07) is 3.24. The quantitative estimate of drug-likeness (QED) is 0.819. The number of aryl methyl sites for hydroxylation is 1. The molecule has 1 aromatic rings. The van der Waals surface area contributed by atoms with Crippen LogP contribution in [-0.2, 0) is 14.8 Å². The van der Waals surface area contributed by atoms with Gasteiger partial charge in [0.05, 0.1) is 11.4 Å². The maximum Gasteiger partial charge on any atom is 0.244 e. The number of carbonyl (C=O) groups excluding carboxylic acids is 1. The highest BCUT2D eigenvalue weighted by molar-refractivity contribution is 9.11. The van der Waals surface area contributed by atoms with Crippen molar-refractivity contribution in [2.24, 2.45) is 0 Å². The molecule has 0 aliphatic heterocycles. The van der Waals surface area contributed by atoms with Gasteiger partial charge in [0.25, 0.3) is 0 Å². The number of nitrogens with zero attached hydrogens (tertiary/aromatic N) is 1. The zero-order valence-corrected chi connectivity index (χ0v) is 14.7. The Bertz CT molecular complexity index is 602. The van der Waals surface area contributed by atoms with E-state index in [0.717, 1.165) is 9.87 Å². The minimum absolute atomic E-state index is 0.122. The van der Waals surface area contributed by atoms with Crippen molar-refractivity contribution in [1.29, 1.82) is 0 Å². The molecule has 0 saturated carbocycles. The third kappa shape index (κ3) is 3.77. The number of nitrogens with one attached hydrogen (secondary N) is 1. The summed E-state index contributed by atoms with van der Waals surface area (Å²) in [7, 11) is -0.893. The number of rotatable bonds is 4. The number of benzene rings is 1. The Labute approximate surface area is 129 Å². The molecule has 19 heavy (non-hydrogen) atoms. The van der Waals surface area contributed by atoms with Crippen molar-refractivity contribution in [1.82, 2.24) is 9.62 Å². The Morgan fingerprint density at radius 2 is 1.89 bits per heavy atom. The van der Waals surface area contributed by atoms with Crippen LogP contribution in [0.1, 0.15) is 5.56 Å². The van der Waals surface area contributed by atoms with Crippen LogP contribution in [0.5, 0.6) is 0 Å². The van der Waals surface area contributed by atoms with Crippen LogP contribution in [0.4, 0.5) is 0 Å². The van der Waals surface area contributed by atoms with Gasteiger partial charge in [-0.15, -0.1) is 0 Å². The first-order valence-corrected chi connectivity index (χ1v) is 8.35. The van der Waals surface area contributed by atoms with E-state index in [1.165, 1.54) is 20.2 Å². The first kappa shape index (κ1) is 16.6. The Balaban J connectivity index is 3.20.